The first kappa shape index (κ1) is 19.5. The van der Waals surface area contributed by atoms with Crippen LogP contribution in [0.4, 0.5) is 18.9 Å². The number of carbonyl (C=O) groups is 2. The van der Waals surface area contributed by atoms with E-state index in [1.54, 1.807) is 6.92 Å². The number of hydrogen-bond donors (Lipinski definition) is 2. The van der Waals surface area contributed by atoms with Gasteiger partial charge in [0, 0.05) is 11.6 Å². The summed E-state index contributed by atoms with van der Waals surface area (Å²) < 4.78 is 38.6. The van der Waals surface area contributed by atoms with Crippen molar-refractivity contribution in [2.24, 2.45) is 11.7 Å². The van der Waals surface area contributed by atoms with E-state index in [-0.39, 0.29) is 17.5 Å². The quantitative estimate of drug-likeness (QED) is 0.847. The van der Waals surface area contributed by atoms with Crippen LogP contribution in [-0.2, 0) is 15.8 Å². The maximum absolute atomic E-state index is 12.9. The predicted molar refractivity (Wildman–Crippen MR) is 88.0 cm³/mol. The highest BCUT2D eigenvalue weighted by Gasteiger charge is 2.34. The number of amides is 2. The minimum absolute atomic E-state index is 0.0283. The van der Waals surface area contributed by atoms with Crippen molar-refractivity contribution in [2.45, 2.75) is 32.0 Å². The highest BCUT2D eigenvalue weighted by atomic mass is 35.5. The van der Waals surface area contributed by atoms with E-state index in [1.165, 1.54) is 6.07 Å². The zero-order chi connectivity index (χ0) is 18.8. The van der Waals surface area contributed by atoms with Crippen LogP contribution in [0.5, 0.6) is 0 Å². The summed E-state index contributed by atoms with van der Waals surface area (Å²) in [6.07, 6.45) is -3.47. The molecule has 0 aliphatic carbocycles. The van der Waals surface area contributed by atoms with Gasteiger partial charge in [0.15, 0.2) is 0 Å². The van der Waals surface area contributed by atoms with E-state index in [1.807, 2.05) is 4.90 Å². The molecule has 2 rings (SSSR count). The lowest BCUT2D eigenvalue weighted by Gasteiger charge is -2.34. The van der Waals surface area contributed by atoms with Gasteiger partial charge in [0.1, 0.15) is 0 Å². The van der Waals surface area contributed by atoms with E-state index in [4.69, 9.17) is 17.3 Å². The lowest BCUT2D eigenvalue weighted by Crippen LogP contribution is -2.47. The molecule has 0 bridgehead atoms. The van der Waals surface area contributed by atoms with Gasteiger partial charge in [0.2, 0.25) is 11.8 Å². The molecule has 1 fully saturated rings. The molecule has 25 heavy (non-hydrogen) atoms. The van der Waals surface area contributed by atoms with Gasteiger partial charge in [-0.15, -0.1) is 0 Å². The molecule has 0 radical (unpaired) electrons. The Hall–Kier alpha value is -1.80. The lowest BCUT2D eigenvalue weighted by atomic mass is 9.95. The lowest BCUT2D eigenvalue weighted by molar-refractivity contribution is -0.137. The molecule has 0 aromatic heterocycles. The summed E-state index contributed by atoms with van der Waals surface area (Å²) in [7, 11) is 0. The third kappa shape index (κ3) is 4.85. The highest BCUT2D eigenvalue weighted by molar-refractivity contribution is 6.31. The van der Waals surface area contributed by atoms with E-state index in [0.29, 0.717) is 25.9 Å². The van der Waals surface area contributed by atoms with Crippen LogP contribution in [0.3, 0.4) is 0 Å². The van der Waals surface area contributed by atoms with Crippen molar-refractivity contribution in [2.75, 3.05) is 18.4 Å². The maximum atomic E-state index is 12.9. The monoisotopic (exact) mass is 377 g/mol. The van der Waals surface area contributed by atoms with Crippen LogP contribution >= 0.6 is 11.6 Å². The SMILES string of the molecule is CC(C(=O)Nc1ccc(Cl)c(C(F)(F)F)c1)N1CCC(C(N)=O)CC1. The Bertz CT molecular complexity index is 659. The second kappa shape index (κ2) is 7.61. The number of benzene rings is 1. The largest absolute Gasteiger partial charge is 0.417 e. The first-order chi connectivity index (χ1) is 11.6. The number of nitrogens with one attached hydrogen (secondary N) is 1. The van der Waals surface area contributed by atoms with E-state index in [2.05, 4.69) is 5.32 Å². The Morgan fingerprint density at radius 1 is 1.32 bits per heavy atom. The number of alkyl halides is 3. The van der Waals surface area contributed by atoms with Gasteiger partial charge in [-0.2, -0.15) is 13.2 Å². The molecule has 2 amide bonds. The van der Waals surface area contributed by atoms with Crippen LogP contribution in [0.25, 0.3) is 0 Å². The average molecular weight is 378 g/mol. The maximum Gasteiger partial charge on any atom is 0.417 e. The summed E-state index contributed by atoms with van der Waals surface area (Å²) in [5.74, 6) is -0.970. The molecule has 0 saturated carbocycles. The first-order valence-electron chi connectivity index (χ1n) is 7.80. The van der Waals surface area contributed by atoms with Crippen molar-refractivity contribution in [1.29, 1.82) is 0 Å². The van der Waals surface area contributed by atoms with Gasteiger partial charge in [-0.25, -0.2) is 0 Å². The van der Waals surface area contributed by atoms with Gasteiger partial charge >= 0.3 is 6.18 Å². The first-order valence-corrected chi connectivity index (χ1v) is 8.18. The fourth-order valence-corrected chi connectivity index (χ4v) is 3.03. The number of anilines is 1. The topological polar surface area (TPSA) is 75.4 Å². The number of nitrogens with zero attached hydrogens (tertiary/aromatic N) is 1. The number of piperidine rings is 1. The minimum Gasteiger partial charge on any atom is -0.369 e. The summed E-state index contributed by atoms with van der Waals surface area (Å²) in [5.41, 5.74) is 4.30. The van der Waals surface area contributed by atoms with Crippen LogP contribution in [0.2, 0.25) is 5.02 Å². The highest BCUT2D eigenvalue weighted by Crippen LogP contribution is 2.36. The molecule has 1 aromatic carbocycles. The van der Waals surface area contributed by atoms with Crippen molar-refractivity contribution in [3.8, 4) is 0 Å². The normalized spacial score (nSPS) is 18.0. The second-order valence-electron chi connectivity index (χ2n) is 6.07. The molecule has 1 atom stereocenters. The average Bonchev–Trinajstić information content (AvgIpc) is 2.55. The van der Waals surface area contributed by atoms with Gasteiger partial charge in [0.05, 0.1) is 16.6 Å². The fraction of sp³-hybridized carbons (Fsp3) is 0.500. The number of primary amides is 1. The number of carbonyl (C=O) groups excluding carboxylic acids is 2. The summed E-state index contributed by atoms with van der Waals surface area (Å²) in [5, 5.41) is 2.06. The molecule has 9 heteroatoms. The molecule has 3 N–H and O–H groups in total. The number of likely N-dealkylation sites (tertiary alicyclic amines) is 1. The van der Waals surface area contributed by atoms with Crippen molar-refractivity contribution < 1.29 is 22.8 Å². The van der Waals surface area contributed by atoms with Crippen LogP contribution < -0.4 is 11.1 Å². The summed E-state index contributed by atoms with van der Waals surface area (Å²) in [6.45, 7) is 2.72. The zero-order valence-corrected chi connectivity index (χ0v) is 14.3. The van der Waals surface area contributed by atoms with Gasteiger partial charge in [-0.1, -0.05) is 11.6 Å². The molecule has 1 aliphatic heterocycles. The van der Waals surface area contributed by atoms with Crippen LogP contribution in [0, 0.1) is 5.92 Å². The van der Waals surface area contributed by atoms with Crippen molar-refractivity contribution in [1.82, 2.24) is 4.90 Å². The smallest absolute Gasteiger partial charge is 0.369 e. The van der Waals surface area contributed by atoms with Gasteiger partial charge in [-0.3, -0.25) is 14.5 Å². The molecule has 1 heterocycles. The Morgan fingerprint density at radius 3 is 2.44 bits per heavy atom. The molecular weight excluding hydrogens is 359 g/mol. The Morgan fingerprint density at radius 2 is 1.92 bits per heavy atom. The molecule has 0 spiro atoms. The molecule has 1 unspecified atom stereocenters. The summed E-state index contributed by atoms with van der Waals surface area (Å²) in [4.78, 5) is 25.4. The van der Waals surface area contributed by atoms with E-state index in [0.717, 1.165) is 12.1 Å². The molecule has 1 aliphatic rings. The minimum atomic E-state index is -4.60. The standard InChI is InChI=1S/C16H19ClF3N3O2/c1-9(23-6-4-10(5-7-23)14(21)24)15(25)22-11-2-3-13(17)12(8-11)16(18,19)20/h2-3,8-10H,4-7H2,1H3,(H2,21,24)(H,22,25). The third-order valence-corrected chi connectivity index (χ3v) is 4.73. The summed E-state index contributed by atoms with van der Waals surface area (Å²) >= 11 is 5.56. The molecular formula is C16H19ClF3N3O2. The van der Waals surface area contributed by atoms with Gasteiger partial charge in [0.25, 0.3) is 0 Å². The number of hydrogen-bond acceptors (Lipinski definition) is 3. The fourth-order valence-electron chi connectivity index (χ4n) is 2.80. The zero-order valence-electron chi connectivity index (χ0n) is 13.6. The van der Waals surface area contributed by atoms with Crippen molar-refractivity contribution >= 4 is 29.1 Å². The Kier molecular flexibility index (Phi) is 5.95. The third-order valence-electron chi connectivity index (χ3n) is 4.40. The predicted octanol–water partition coefficient (Wildman–Crippen LogP) is 2.88. The second-order valence-corrected chi connectivity index (χ2v) is 6.48. The van der Waals surface area contributed by atoms with Gasteiger partial charge < -0.3 is 11.1 Å². The van der Waals surface area contributed by atoms with E-state index >= 15 is 0 Å². The number of rotatable bonds is 4. The van der Waals surface area contributed by atoms with Crippen LogP contribution in [0.15, 0.2) is 18.2 Å². The van der Waals surface area contributed by atoms with Crippen LogP contribution in [-0.4, -0.2) is 35.8 Å². The van der Waals surface area contributed by atoms with E-state index < -0.39 is 28.7 Å². The number of halogens is 4. The summed E-state index contributed by atoms with van der Waals surface area (Å²) in [6, 6.07) is 2.69. The van der Waals surface area contributed by atoms with Crippen molar-refractivity contribution in [3.63, 3.8) is 0 Å². The Balaban J connectivity index is 2.01. The Labute approximate surface area is 148 Å². The van der Waals surface area contributed by atoms with E-state index in [9.17, 15) is 22.8 Å². The molecule has 1 saturated heterocycles. The van der Waals surface area contributed by atoms with Gasteiger partial charge in [-0.05, 0) is 51.1 Å². The number of nitrogens with two attached hydrogens (primary N) is 1. The van der Waals surface area contributed by atoms with Crippen LogP contribution in [0.1, 0.15) is 25.3 Å². The molecule has 5 nitrogen and oxygen atoms in total. The molecule has 138 valence electrons. The molecule has 1 aromatic rings. The van der Waals surface area contributed by atoms with Crippen molar-refractivity contribution in [3.05, 3.63) is 28.8 Å².